The molecular formula is C36H40N6O8S. The van der Waals surface area contributed by atoms with Crippen molar-refractivity contribution in [2.24, 2.45) is 0 Å². The summed E-state index contributed by atoms with van der Waals surface area (Å²) in [7, 11) is 2.84. The number of methoxy groups -OCH3 is 2. The minimum atomic E-state index is -1.03. The summed E-state index contributed by atoms with van der Waals surface area (Å²) in [6.45, 7) is 1.67. The number of hydrogen-bond donors (Lipinski definition) is 4. The lowest BCUT2D eigenvalue weighted by atomic mass is 10.0. The van der Waals surface area contributed by atoms with Crippen LogP contribution < -0.4 is 35.5 Å². The molecule has 5 amide bonds. The molecule has 2 bridgehead atoms. The third-order valence-corrected chi connectivity index (χ3v) is 8.94. The van der Waals surface area contributed by atoms with Gasteiger partial charge in [0.1, 0.15) is 12.1 Å². The van der Waals surface area contributed by atoms with E-state index in [0.717, 1.165) is 15.8 Å². The highest BCUT2D eigenvalue weighted by Crippen LogP contribution is 2.38. The van der Waals surface area contributed by atoms with Gasteiger partial charge in [-0.15, -0.1) is 11.3 Å². The zero-order valence-corrected chi connectivity index (χ0v) is 29.3. The van der Waals surface area contributed by atoms with Gasteiger partial charge in [-0.1, -0.05) is 30.3 Å². The Morgan fingerprint density at radius 2 is 1.69 bits per heavy atom. The molecule has 0 radical (unpaired) electrons. The molecule has 4 N–H and O–H groups in total. The van der Waals surface area contributed by atoms with Crippen LogP contribution in [0, 0.1) is 0 Å². The number of amides is 5. The molecule has 268 valence electrons. The number of carbonyl (C=O) groups is 5. The predicted molar refractivity (Wildman–Crippen MR) is 190 cm³/mol. The smallest absolute Gasteiger partial charge is 0.254 e. The van der Waals surface area contributed by atoms with Gasteiger partial charge in [0, 0.05) is 37.2 Å². The maximum Gasteiger partial charge on any atom is 0.254 e. The Labute approximate surface area is 298 Å². The monoisotopic (exact) mass is 716 g/mol. The van der Waals surface area contributed by atoms with Crippen LogP contribution in [0.2, 0.25) is 0 Å². The van der Waals surface area contributed by atoms with E-state index >= 15 is 0 Å². The van der Waals surface area contributed by atoms with Gasteiger partial charge in [-0.3, -0.25) is 24.0 Å². The van der Waals surface area contributed by atoms with E-state index in [-0.39, 0.29) is 62.0 Å². The largest absolute Gasteiger partial charge is 0.493 e. The third-order valence-electron chi connectivity index (χ3n) is 8.15. The zero-order chi connectivity index (χ0) is 36.3. The summed E-state index contributed by atoms with van der Waals surface area (Å²) in [5.74, 6) is -1.73. The maximum absolute atomic E-state index is 13.7. The van der Waals surface area contributed by atoms with E-state index in [2.05, 4.69) is 26.3 Å². The molecule has 0 saturated carbocycles. The lowest BCUT2D eigenvalue weighted by Gasteiger charge is -2.25. The minimum absolute atomic E-state index is 0.00120. The van der Waals surface area contributed by atoms with E-state index in [9.17, 15) is 24.0 Å². The van der Waals surface area contributed by atoms with Crippen LogP contribution in [0.25, 0.3) is 10.2 Å². The number of hydrogen-bond acceptors (Lipinski definition) is 10. The molecular weight excluding hydrogens is 676 g/mol. The first kappa shape index (κ1) is 36.6. The topological polar surface area (TPSA) is 177 Å². The number of rotatable bonds is 5. The standard InChI is InChI=1S/C36H40N6O8S/c1-22-33(44)41-27(16-23-8-5-4-6-9-23)35(46)38-13-14-42(36(47)24-10-11-26-30(19-24)51-21-39-26)20-31(43)37-12-7-15-50-32-28(48-2)17-25(34(45)40-22)18-29(32)49-3/h4-6,8-11,17-19,21-22,27H,7,12-16,20H2,1-3H3,(H,37,43)(H,38,46)(H,40,45)(H,41,44)/t22-,27+/m0/s1. The molecule has 51 heavy (non-hydrogen) atoms. The van der Waals surface area contributed by atoms with E-state index in [4.69, 9.17) is 14.2 Å². The number of aromatic nitrogens is 1. The van der Waals surface area contributed by atoms with Crippen LogP contribution >= 0.6 is 11.3 Å². The number of ether oxygens (including phenoxy) is 3. The van der Waals surface area contributed by atoms with E-state index in [1.165, 1.54) is 49.5 Å². The summed E-state index contributed by atoms with van der Waals surface area (Å²) in [6.07, 6.45) is 0.566. The summed E-state index contributed by atoms with van der Waals surface area (Å²) < 4.78 is 17.7. The molecule has 0 fully saturated rings. The molecule has 14 nitrogen and oxygen atoms in total. The van der Waals surface area contributed by atoms with E-state index in [0.29, 0.717) is 12.0 Å². The fourth-order valence-corrected chi connectivity index (χ4v) is 6.13. The summed E-state index contributed by atoms with van der Waals surface area (Å²) in [4.78, 5) is 72.7. The maximum atomic E-state index is 13.7. The molecule has 3 aromatic carbocycles. The van der Waals surface area contributed by atoms with Crippen molar-refractivity contribution in [3.63, 3.8) is 0 Å². The Hall–Kier alpha value is -5.70. The first-order valence-electron chi connectivity index (χ1n) is 16.4. The van der Waals surface area contributed by atoms with E-state index < -0.39 is 41.6 Å². The molecule has 4 aromatic rings. The van der Waals surface area contributed by atoms with E-state index in [1.54, 1.807) is 23.7 Å². The highest BCUT2D eigenvalue weighted by Gasteiger charge is 2.27. The van der Waals surface area contributed by atoms with Gasteiger partial charge >= 0.3 is 0 Å². The number of nitrogens with one attached hydrogen (secondary N) is 4. The fraction of sp³-hybridized carbons (Fsp3) is 0.333. The first-order valence-corrected chi connectivity index (χ1v) is 17.3. The summed E-state index contributed by atoms with van der Waals surface area (Å²) >= 11 is 1.40. The van der Waals surface area contributed by atoms with Crippen LogP contribution in [-0.4, -0.2) is 98.5 Å². The SMILES string of the molecule is COc1cc2cc(OC)c1OCCCNC(=O)CN(C(=O)c1ccc3ncsc3c1)CCNC(=O)[C@@H](Cc1ccccc1)NC(=O)[C@H](C)NC2=O. The van der Waals surface area contributed by atoms with Gasteiger partial charge in [-0.2, -0.15) is 0 Å². The third kappa shape index (κ3) is 9.51. The van der Waals surface area contributed by atoms with Crippen LogP contribution in [0.15, 0.2) is 66.2 Å². The van der Waals surface area contributed by atoms with Gasteiger partial charge < -0.3 is 40.4 Å². The van der Waals surface area contributed by atoms with Gasteiger partial charge in [-0.25, -0.2) is 4.98 Å². The predicted octanol–water partition coefficient (Wildman–Crippen LogP) is 2.32. The van der Waals surface area contributed by atoms with Gasteiger partial charge in [-0.05, 0) is 49.2 Å². The Kier molecular flexibility index (Phi) is 12.4. The molecule has 0 unspecified atom stereocenters. The second-order valence-electron chi connectivity index (χ2n) is 11.8. The Balaban J connectivity index is 1.41. The van der Waals surface area contributed by atoms with Crippen LogP contribution in [0.4, 0.5) is 0 Å². The molecule has 2 aliphatic rings. The van der Waals surface area contributed by atoms with Crippen LogP contribution in [-0.2, 0) is 20.8 Å². The second kappa shape index (κ2) is 17.3. The van der Waals surface area contributed by atoms with Crippen molar-refractivity contribution in [1.29, 1.82) is 0 Å². The van der Waals surface area contributed by atoms with Crippen molar-refractivity contribution >= 4 is 51.1 Å². The molecule has 0 spiro atoms. The van der Waals surface area contributed by atoms with Gasteiger partial charge in [0.05, 0.1) is 43.1 Å². The van der Waals surface area contributed by atoms with Crippen molar-refractivity contribution in [3.05, 3.63) is 82.9 Å². The number of benzene rings is 3. The van der Waals surface area contributed by atoms with Crippen molar-refractivity contribution in [2.45, 2.75) is 31.8 Å². The lowest BCUT2D eigenvalue weighted by Crippen LogP contribution is -2.54. The number of nitrogens with zero attached hydrogens (tertiary/aromatic N) is 2. The number of carbonyl (C=O) groups excluding carboxylic acids is 5. The van der Waals surface area contributed by atoms with Crippen LogP contribution in [0.3, 0.4) is 0 Å². The molecule has 0 aliphatic carbocycles. The molecule has 2 aliphatic heterocycles. The Morgan fingerprint density at radius 3 is 2.41 bits per heavy atom. The molecule has 1 aromatic heterocycles. The fourth-order valence-electron chi connectivity index (χ4n) is 5.42. The number of fused-ring (bicyclic) bond motifs is 20. The molecule has 6 rings (SSSR count). The van der Waals surface area contributed by atoms with Crippen molar-refractivity contribution in [1.82, 2.24) is 31.2 Å². The molecule has 3 heterocycles. The lowest BCUT2D eigenvalue weighted by molar-refractivity contribution is -0.129. The summed E-state index contributed by atoms with van der Waals surface area (Å²) in [5.41, 5.74) is 3.78. The highest BCUT2D eigenvalue weighted by atomic mass is 32.1. The summed E-state index contributed by atoms with van der Waals surface area (Å²) in [6, 6.07) is 15.2. The normalized spacial score (nSPS) is 18.3. The highest BCUT2D eigenvalue weighted by molar-refractivity contribution is 7.16. The summed E-state index contributed by atoms with van der Waals surface area (Å²) in [5, 5.41) is 11.1. The Bertz CT molecular complexity index is 1860. The molecule has 15 heteroatoms. The van der Waals surface area contributed by atoms with Crippen LogP contribution in [0.1, 0.15) is 39.6 Å². The van der Waals surface area contributed by atoms with Gasteiger partial charge in [0.15, 0.2) is 11.5 Å². The zero-order valence-electron chi connectivity index (χ0n) is 28.5. The quantitative estimate of drug-likeness (QED) is 0.226. The molecule has 2 atom stereocenters. The second-order valence-corrected chi connectivity index (χ2v) is 12.6. The van der Waals surface area contributed by atoms with Gasteiger partial charge in [0.2, 0.25) is 23.5 Å². The molecule has 0 saturated heterocycles. The Morgan fingerprint density at radius 1 is 0.941 bits per heavy atom. The van der Waals surface area contributed by atoms with Gasteiger partial charge in [0.25, 0.3) is 11.8 Å². The average molecular weight is 717 g/mol. The minimum Gasteiger partial charge on any atom is -0.493 e. The van der Waals surface area contributed by atoms with Crippen LogP contribution in [0.5, 0.6) is 17.2 Å². The van der Waals surface area contributed by atoms with Crippen molar-refractivity contribution in [2.75, 3.05) is 47.0 Å². The van der Waals surface area contributed by atoms with Crippen molar-refractivity contribution < 1.29 is 38.2 Å². The van der Waals surface area contributed by atoms with Crippen molar-refractivity contribution in [3.8, 4) is 17.2 Å². The number of thiazole rings is 1. The van der Waals surface area contributed by atoms with E-state index in [1.807, 2.05) is 30.3 Å². The first-order chi connectivity index (χ1) is 24.7. The average Bonchev–Trinajstić information content (AvgIpc) is 3.61.